The first-order valence-electron chi connectivity index (χ1n) is 12.3. The van der Waals surface area contributed by atoms with Gasteiger partial charge in [0.05, 0.1) is 23.9 Å². The Hall–Kier alpha value is -1.62. The molecule has 0 aromatic rings. The summed E-state index contributed by atoms with van der Waals surface area (Å²) in [6.07, 6.45) is 20.4. The van der Waals surface area contributed by atoms with Crippen molar-refractivity contribution < 1.29 is 24.5 Å². The first-order valence-corrected chi connectivity index (χ1v) is 12.3. The molecule has 0 saturated heterocycles. The number of hydrogen-bond donors (Lipinski definition) is 2. The second-order valence-electron chi connectivity index (χ2n) is 8.63. The van der Waals surface area contributed by atoms with Crippen LogP contribution in [0.25, 0.3) is 0 Å². The van der Waals surface area contributed by atoms with Crippen molar-refractivity contribution >= 4 is 11.9 Å². The Balaban J connectivity index is 3.66. The minimum Gasteiger partial charge on any atom is -0.478 e. The number of carbonyl (C=O) groups is 2. The van der Waals surface area contributed by atoms with Crippen LogP contribution in [0.4, 0.5) is 0 Å². The third-order valence-corrected chi connectivity index (χ3v) is 5.74. The molecular weight excluding hydrogens is 392 g/mol. The van der Waals surface area contributed by atoms with Crippen molar-refractivity contribution in [3.05, 3.63) is 24.3 Å². The zero-order chi connectivity index (χ0) is 23.3. The van der Waals surface area contributed by atoms with Gasteiger partial charge in [0.25, 0.3) is 0 Å². The highest BCUT2D eigenvalue weighted by molar-refractivity contribution is 5.87. The van der Waals surface area contributed by atoms with Gasteiger partial charge in [-0.3, -0.25) is 0 Å². The van der Waals surface area contributed by atoms with Crippen molar-refractivity contribution in [2.45, 2.75) is 122 Å². The zero-order valence-electron chi connectivity index (χ0n) is 19.8. The van der Waals surface area contributed by atoms with E-state index >= 15 is 0 Å². The highest BCUT2D eigenvalue weighted by atomic mass is 16.5. The smallest absolute Gasteiger partial charge is 0.333 e. The average Bonchev–Trinajstić information content (AvgIpc) is 2.74. The third kappa shape index (κ3) is 17.7. The van der Waals surface area contributed by atoms with Gasteiger partial charge in [-0.25, -0.2) is 9.59 Å². The van der Waals surface area contributed by atoms with Gasteiger partial charge in [-0.1, -0.05) is 123 Å². The van der Waals surface area contributed by atoms with E-state index in [0.29, 0.717) is 6.42 Å². The van der Waals surface area contributed by atoms with Crippen molar-refractivity contribution in [2.75, 3.05) is 6.61 Å². The molecule has 0 amide bonds. The molecule has 0 spiro atoms. The summed E-state index contributed by atoms with van der Waals surface area (Å²) in [4.78, 5) is 22.0. The monoisotopic (exact) mass is 438 g/mol. The van der Waals surface area contributed by atoms with Gasteiger partial charge in [-0.2, -0.15) is 0 Å². The van der Waals surface area contributed by atoms with E-state index in [1.807, 2.05) is 0 Å². The van der Waals surface area contributed by atoms with Crippen molar-refractivity contribution in [2.24, 2.45) is 0 Å². The van der Waals surface area contributed by atoms with Crippen LogP contribution in [-0.4, -0.2) is 34.9 Å². The molecule has 0 aliphatic rings. The van der Waals surface area contributed by atoms with Gasteiger partial charge in [-0.05, 0) is 6.42 Å². The lowest BCUT2D eigenvalue weighted by molar-refractivity contribution is -0.134. The SMILES string of the molecule is C=C(COC(CCCCCCCCCCCCCCCCCC)C(=C)C(=O)O)C(=O)O. The lowest BCUT2D eigenvalue weighted by Gasteiger charge is -2.18. The van der Waals surface area contributed by atoms with Crippen molar-refractivity contribution in [3.63, 3.8) is 0 Å². The summed E-state index contributed by atoms with van der Waals surface area (Å²) in [5, 5.41) is 18.0. The minimum atomic E-state index is -1.14. The Morgan fingerprint density at radius 2 is 1.06 bits per heavy atom. The molecule has 0 aromatic heterocycles. The van der Waals surface area contributed by atoms with Crippen LogP contribution in [0.15, 0.2) is 24.3 Å². The van der Waals surface area contributed by atoms with Crippen LogP contribution in [0.5, 0.6) is 0 Å². The highest BCUT2D eigenvalue weighted by Gasteiger charge is 2.20. The molecule has 5 nitrogen and oxygen atoms in total. The second kappa shape index (κ2) is 20.3. The fourth-order valence-electron chi connectivity index (χ4n) is 3.64. The zero-order valence-corrected chi connectivity index (χ0v) is 19.8. The molecule has 1 unspecified atom stereocenters. The molecule has 2 N–H and O–H groups in total. The lowest BCUT2D eigenvalue weighted by atomic mass is 10.0. The van der Waals surface area contributed by atoms with Gasteiger partial charge in [0.15, 0.2) is 0 Å². The second-order valence-corrected chi connectivity index (χ2v) is 8.63. The summed E-state index contributed by atoms with van der Waals surface area (Å²) in [5.74, 6) is -2.25. The average molecular weight is 439 g/mol. The number of hydrogen-bond acceptors (Lipinski definition) is 3. The number of aliphatic carboxylic acids is 2. The van der Waals surface area contributed by atoms with Gasteiger partial charge in [0.2, 0.25) is 0 Å². The largest absolute Gasteiger partial charge is 0.478 e. The Bertz CT molecular complexity index is 512. The fraction of sp³-hybridized carbons (Fsp3) is 0.769. The Morgan fingerprint density at radius 1 is 0.677 bits per heavy atom. The van der Waals surface area contributed by atoms with Crippen LogP contribution in [0.1, 0.15) is 116 Å². The molecule has 0 radical (unpaired) electrons. The summed E-state index contributed by atoms with van der Waals surface area (Å²) in [7, 11) is 0. The third-order valence-electron chi connectivity index (χ3n) is 5.74. The van der Waals surface area contributed by atoms with Crippen molar-refractivity contribution in [1.82, 2.24) is 0 Å². The Morgan fingerprint density at radius 3 is 1.42 bits per heavy atom. The van der Waals surface area contributed by atoms with Crippen LogP contribution in [-0.2, 0) is 14.3 Å². The van der Waals surface area contributed by atoms with E-state index in [4.69, 9.17) is 14.9 Å². The highest BCUT2D eigenvalue weighted by Crippen LogP contribution is 2.18. The number of carboxylic acids is 2. The molecule has 0 aliphatic heterocycles. The topological polar surface area (TPSA) is 83.8 Å². The van der Waals surface area contributed by atoms with Crippen LogP contribution >= 0.6 is 0 Å². The van der Waals surface area contributed by atoms with Crippen molar-refractivity contribution in [3.8, 4) is 0 Å². The number of unbranched alkanes of at least 4 members (excludes halogenated alkanes) is 15. The number of ether oxygens (including phenoxy) is 1. The van der Waals surface area contributed by atoms with E-state index in [9.17, 15) is 9.59 Å². The quantitative estimate of drug-likeness (QED) is 0.129. The number of rotatable bonds is 23. The standard InChI is InChI=1S/C26H46O5/c1-4-5-6-7-8-9-10-11-12-13-14-15-16-17-18-19-20-24(23(3)26(29)30)31-21-22(2)25(27)28/h24H,2-21H2,1H3,(H,27,28)(H,29,30). The molecule has 31 heavy (non-hydrogen) atoms. The summed E-state index contributed by atoms with van der Waals surface area (Å²) < 4.78 is 5.45. The number of carboxylic acid groups (broad SMARTS) is 2. The van der Waals surface area contributed by atoms with Gasteiger partial charge in [0, 0.05) is 0 Å². The molecule has 0 aliphatic carbocycles. The van der Waals surface area contributed by atoms with Gasteiger partial charge in [-0.15, -0.1) is 0 Å². The summed E-state index contributed by atoms with van der Waals surface area (Å²) in [5.41, 5.74) is -0.116. The Labute approximate surface area is 190 Å². The van der Waals surface area contributed by atoms with E-state index in [0.717, 1.165) is 19.3 Å². The summed E-state index contributed by atoms with van der Waals surface area (Å²) in [6.45, 7) is 9.05. The van der Waals surface area contributed by atoms with Crippen molar-refractivity contribution in [1.29, 1.82) is 0 Å². The van der Waals surface area contributed by atoms with Gasteiger partial charge >= 0.3 is 11.9 Å². The van der Waals surface area contributed by atoms with Crippen LogP contribution in [0, 0.1) is 0 Å². The van der Waals surface area contributed by atoms with Crippen LogP contribution in [0.2, 0.25) is 0 Å². The van der Waals surface area contributed by atoms with Gasteiger partial charge < -0.3 is 14.9 Å². The van der Waals surface area contributed by atoms with E-state index in [1.54, 1.807) is 0 Å². The predicted molar refractivity (Wildman–Crippen MR) is 127 cm³/mol. The first kappa shape index (κ1) is 29.4. The normalized spacial score (nSPS) is 11.9. The predicted octanol–water partition coefficient (Wildman–Crippen LogP) is 7.30. The van der Waals surface area contributed by atoms with E-state index in [2.05, 4.69) is 20.1 Å². The molecule has 0 aromatic carbocycles. The molecule has 0 rings (SSSR count). The molecule has 180 valence electrons. The Kier molecular flexibility index (Phi) is 19.2. The molecule has 0 fully saturated rings. The maximum absolute atomic E-state index is 11.2. The van der Waals surface area contributed by atoms with Crippen LogP contribution in [0.3, 0.4) is 0 Å². The maximum Gasteiger partial charge on any atom is 0.333 e. The fourth-order valence-corrected chi connectivity index (χ4v) is 3.64. The van der Waals surface area contributed by atoms with E-state index in [-0.39, 0.29) is 17.8 Å². The van der Waals surface area contributed by atoms with Crippen LogP contribution < -0.4 is 0 Å². The summed E-state index contributed by atoms with van der Waals surface area (Å²) >= 11 is 0. The minimum absolute atomic E-state index is 0.0286. The molecule has 0 bridgehead atoms. The molecule has 1 atom stereocenters. The molecule has 0 heterocycles. The molecular formula is C26H46O5. The van der Waals surface area contributed by atoms with Gasteiger partial charge in [0.1, 0.15) is 0 Å². The summed E-state index contributed by atoms with van der Waals surface area (Å²) in [6, 6.07) is 0. The van der Waals surface area contributed by atoms with E-state index in [1.165, 1.54) is 83.5 Å². The molecule has 0 saturated carbocycles. The molecule has 5 heteroatoms. The van der Waals surface area contributed by atoms with E-state index < -0.39 is 18.0 Å². The maximum atomic E-state index is 11.2. The first-order chi connectivity index (χ1) is 14.9. The lowest BCUT2D eigenvalue weighted by Crippen LogP contribution is -2.23.